The summed E-state index contributed by atoms with van der Waals surface area (Å²) in [4.78, 5) is 10.5. The van der Waals surface area contributed by atoms with Crippen LogP contribution >= 0.6 is 0 Å². The van der Waals surface area contributed by atoms with Gasteiger partial charge in [0.1, 0.15) is 18.5 Å². The summed E-state index contributed by atoms with van der Waals surface area (Å²) >= 11 is 0. The Morgan fingerprint density at radius 2 is 2.13 bits per heavy atom. The molecule has 1 atom stereocenters. The van der Waals surface area contributed by atoms with Gasteiger partial charge in [0.15, 0.2) is 6.29 Å². The fourth-order valence-electron chi connectivity index (χ4n) is 1.16. The van der Waals surface area contributed by atoms with E-state index in [9.17, 15) is 9.90 Å². The highest BCUT2D eigenvalue weighted by molar-refractivity contribution is 5.61. The molecule has 0 amide bonds. The fraction of sp³-hybridized carbons (Fsp3) is 0.364. The Kier molecular flexibility index (Phi) is 4.80. The summed E-state index contributed by atoms with van der Waals surface area (Å²) < 4.78 is 10.2. The van der Waals surface area contributed by atoms with Crippen LogP contribution in [0, 0.1) is 0 Å². The van der Waals surface area contributed by atoms with E-state index in [0.29, 0.717) is 30.8 Å². The average Bonchev–Trinajstić information content (AvgIpc) is 2.29. The molecule has 0 spiro atoms. The molecule has 0 heterocycles. The smallest absolute Gasteiger partial charge is 0.153 e. The molecule has 0 aliphatic rings. The average molecular weight is 210 g/mol. The van der Waals surface area contributed by atoms with E-state index in [0.717, 1.165) is 0 Å². The number of rotatable bonds is 6. The zero-order valence-corrected chi connectivity index (χ0v) is 8.55. The van der Waals surface area contributed by atoms with Crippen LogP contribution in [0.1, 0.15) is 11.7 Å². The number of methoxy groups -OCH3 is 1. The van der Waals surface area contributed by atoms with Gasteiger partial charge in [0.05, 0.1) is 6.61 Å². The summed E-state index contributed by atoms with van der Waals surface area (Å²) in [6.07, 6.45) is -0.665. The summed E-state index contributed by atoms with van der Waals surface area (Å²) in [5, 5.41) is 9.39. The Morgan fingerprint density at radius 3 is 2.80 bits per heavy atom. The number of aldehydes is 1. The third kappa shape index (κ3) is 3.34. The van der Waals surface area contributed by atoms with E-state index in [-0.39, 0.29) is 0 Å². The number of carbonyl (C=O) groups excluding carboxylic acids is 1. The van der Waals surface area contributed by atoms with E-state index in [4.69, 9.17) is 9.47 Å². The van der Waals surface area contributed by atoms with Crippen molar-refractivity contribution >= 4 is 6.29 Å². The first kappa shape index (κ1) is 11.7. The van der Waals surface area contributed by atoms with Gasteiger partial charge in [0, 0.05) is 12.7 Å². The molecule has 0 aromatic heterocycles. The molecular weight excluding hydrogens is 196 g/mol. The van der Waals surface area contributed by atoms with Crippen LogP contribution in [-0.2, 0) is 9.53 Å². The lowest BCUT2D eigenvalue weighted by atomic mass is 10.1. The summed E-state index contributed by atoms with van der Waals surface area (Å²) in [6.45, 7) is 0.852. The van der Waals surface area contributed by atoms with E-state index in [2.05, 4.69) is 0 Å². The van der Waals surface area contributed by atoms with Crippen molar-refractivity contribution < 1.29 is 19.4 Å². The van der Waals surface area contributed by atoms with Crippen LogP contribution in [0.25, 0.3) is 0 Å². The number of ether oxygens (including phenoxy) is 2. The van der Waals surface area contributed by atoms with Crippen molar-refractivity contribution in [2.75, 3.05) is 20.3 Å². The predicted molar refractivity (Wildman–Crippen MR) is 54.8 cm³/mol. The molecule has 0 aliphatic heterocycles. The number of hydrogen-bond donors (Lipinski definition) is 1. The molecule has 0 fully saturated rings. The Balaban J connectivity index is 2.72. The van der Waals surface area contributed by atoms with Gasteiger partial charge in [-0.2, -0.15) is 0 Å². The highest BCUT2D eigenvalue weighted by Crippen LogP contribution is 2.23. The number of aliphatic hydroxyl groups excluding tert-OH is 1. The zero-order valence-electron chi connectivity index (χ0n) is 8.55. The van der Waals surface area contributed by atoms with Crippen molar-refractivity contribution in [3.63, 3.8) is 0 Å². The molecule has 4 nitrogen and oxygen atoms in total. The van der Waals surface area contributed by atoms with E-state index in [1.54, 1.807) is 31.4 Å². The van der Waals surface area contributed by atoms with Gasteiger partial charge in [-0.25, -0.2) is 0 Å². The van der Waals surface area contributed by atoms with Gasteiger partial charge in [-0.05, 0) is 6.07 Å². The molecule has 0 bridgehead atoms. The van der Waals surface area contributed by atoms with Crippen LogP contribution in [0.4, 0.5) is 0 Å². The zero-order chi connectivity index (χ0) is 11.1. The molecule has 1 aromatic carbocycles. The van der Waals surface area contributed by atoms with Gasteiger partial charge in [0.25, 0.3) is 0 Å². The minimum Gasteiger partial charge on any atom is -0.491 e. The molecule has 1 unspecified atom stereocenters. The number of aliphatic hydroxyl groups is 1. The Morgan fingerprint density at radius 1 is 1.40 bits per heavy atom. The Labute approximate surface area is 88.4 Å². The van der Waals surface area contributed by atoms with E-state index < -0.39 is 6.10 Å². The SMILES string of the molecule is COCCOc1ccccc1C(O)C=O. The van der Waals surface area contributed by atoms with Gasteiger partial charge in [-0.15, -0.1) is 0 Å². The normalized spacial score (nSPS) is 12.1. The minimum absolute atomic E-state index is 0.388. The summed E-state index contributed by atoms with van der Waals surface area (Å²) in [7, 11) is 1.58. The second kappa shape index (κ2) is 6.16. The predicted octanol–water partition coefficient (Wildman–Crippen LogP) is 0.944. The second-order valence-corrected chi connectivity index (χ2v) is 2.96. The van der Waals surface area contributed by atoms with Crippen LogP contribution in [-0.4, -0.2) is 31.7 Å². The molecule has 0 saturated carbocycles. The molecule has 1 N–H and O–H groups in total. The lowest BCUT2D eigenvalue weighted by molar-refractivity contribution is -0.115. The maximum absolute atomic E-state index is 10.5. The molecule has 0 radical (unpaired) electrons. The molecule has 1 rings (SSSR count). The Hall–Kier alpha value is -1.39. The van der Waals surface area contributed by atoms with Crippen LogP contribution in [0.2, 0.25) is 0 Å². The number of benzene rings is 1. The number of hydrogen-bond acceptors (Lipinski definition) is 4. The molecule has 4 heteroatoms. The first-order valence-electron chi connectivity index (χ1n) is 4.63. The topological polar surface area (TPSA) is 55.8 Å². The lowest BCUT2D eigenvalue weighted by Crippen LogP contribution is -2.08. The molecule has 0 aliphatic carbocycles. The van der Waals surface area contributed by atoms with Crippen molar-refractivity contribution in [1.29, 1.82) is 0 Å². The summed E-state index contributed by atoms with van der Waals surface area (Å²) in [6, 6.07) is 6.88. The minimum atomic E-state index is -1.14. The first-order valence-corrected chi connectivity index (χ1v) is 4.63. The molecule has 82 valence electrons. The highest BCUT2D eigenvalue weighted by atomic mass is 16.5. The van der Waals surface area contributed by atoms with Crippen LogP contribution in [0.5, 0.6) is 5.75 Å². The summed E-state index contributed by atoms with van der Waals surface area (Å²) in [5.74, 6) is 0.508. The second-order valence-electron chi connectivity index (χ2n) is 2.96. The van der Waals surface area contributed by atoms with Gasteiger partial charge < -0.3 is 19.4 Å². The van der Waals surface area contributed by atoms with Crippen LogP contribution in [0.15, 0.2) is 24.3 Å². The van der Waals surface area contributed by atoms with E-state index in [1.165, 1.54) is 0 Å². The monoisotopic (exact) mass is 210 g/mol. The van der Waals surface area contributed by atoms with Crippen molar-refractivity contribution in [2.45, 2.75) is 6.10 Å². The quantitative estimate of drug-likeness (QED) is 0.561. The third-order valence-corrected chi connectivity index (χ3v) is 1.91. The third-order valence-electron chi connectivity index (χ3n) is 1.91. The number of para-hydroxylation sites is 1. The number of carbonyl (C=O) groups is 1. The summed E-state index contributed by atoms with van der Waals surface area (Å²) in [5.41, 5.74) is 0.476. The largest absolute Gasteiger partial charge is 0.491 e. The van der Waals surface area contributed by atoms with E-state index >= 15 is 0 Å². The van der Waals surface area contributed by atoms with Crippen molar-refractivity contribution in [3.8, 4) is 5.75 Å². The highest BCUT2D eigenvalue weighted by Gasteiger charge is 2.11. The lowest BCUT2D eigenvalue weighted by Gasteiger charge is -2.11. The maximum atomic E-state index is 10.5. The van der Waals surface area contributed by atoms with Gasteiger partial charge in [-0.3, -0.25) is 0 Å². The standard InChI is InChI=1S/C11H14O4/c1-14-6-7-15-11-5-3-2-4-9(11)10(13)8-12/h2-5,8,10,13H,6-7H2,1H3. The van der Waals surface area contributed by atoms with Gasteiger partial charge in [0.2, 0.25) is 0 Å². The van der Waals surface area contributed by atoms with Crippen molar-refractivity contribution in [3.05, 3.63) is 29.8 Å². The molecule has 15 heavy (non-hydrogen) atoms. The first-order chi connectivity index (χ1) is 7.29. The Bertz CT molecular complexity index is 311. The van der Waals surface area contributed by atoms with Gasteiger partial charge in [-0.1, -0.05) is 18.2 Å². The van der Waals surface area contributed by atoms with Gasteiger partial charge >= 0.3 is 0 Å². The molecule has 0 saturated heterocycles. The molecule has 1 aromatic rings. The van der Waals surface area contributed by atoms with E-state index in [1.807, 2.05) is 0 Å². The molecular formula is C11H14O4. The fourth-order valence-corrected chi connectivity index (χ4v) is 1.16. The van der Waals surface area contributed by atoms with Crippen molar-refractivity contribution in [1.82, 2.24) is 0 Å². The van der Waals surface area contributed by atoms with Crippen LogP contribution in [0.3, 0.4) is 0 Å². The van der Waals surface area contributed by atoms with Crippen LogP contribution < -0.4 is 4.74 Å². The van der Waals surface area contributed by atoms with Crippen molar-refractivity contribution in [2.24, 2.45) is 0 Å². The maximum Gasteiger partial charge on any atom is 0.153 e.